The predicted molar refractivity (Wildman–Crippen MR) is 143 cm³/mol. The fraction of sp³-hybridized carbons (Fsp3) is 0.444. The van der Waals surface area contributed by atoms with Crippen LogP contribution in [0.1, 0.15) is 50.5 Å². The van der Waals surface area contributed by atoms with Crippen LogP contribution in [0.15, 0.2) is 65.6 Å². The van der Waals surface area contributed by atoms with E-state index in [-0.39, 0.29) is 31.0 Å². The van der Waals surface area contributed by atoms with E-state index in [1.54, 1.807) is 18.2 Å². The number of hydrogen-bond donors (Lipinski definition) is 4. The molecule has 0 aliphatic carbocycles. The first-order chi connectivity index (χ1) is 18.3. The summed E-state index contributed by atoms with van der Waals surface area (Å²) in [6, 6.07) is 14.1. The summed E-state index contributed by atoms with van der Waals surface area (Å²) in [7, 11) is -3.99. The lowest BCUT2D eigenvalue weighted by Gasteiger charge is -2.31. The van der Waals surface area contributed by atoms with E-state index in [1.807, 2.05) is 30.3 Å². The zero-order valence-corrected chi connectivity index (χ0v) is 22.2. The van der Waals surface area contributed by atoms with Gasteiger partial charge >= 0.3 is 12.0 Å². The number of sulfonamides is 1. The number of amides is 3. The fourth-order valence-electron chi connectivity index (χ4n) is 4.39. The first kappa shape index (κ1) is 29.1. The molecule has 10 nitrogen and oxygen atoms in total. The normalized spacial score (nSPS) is 18.1. The highest BCUT2D eigenvalue weighted by Crippen LogP contribution is 2.24. The van der Waals surface area contributed by atoms with Crippen LogP contribution in [0, 0.1) is 0 Å². The number of urea groups is 1. The third kappa shape index (κ3) is 8.56. The van der Waals surface area contributed by atoms with Gasteiger partial charge in [-0.15, -0.1) is 0 Å². The number of hydrogen-bond acceptors (Lipinski definition) is 5. The van der Waals surface area contributed by atoms with Crippen LogP contribution in [-0.2, 0) is 26.2 Å². The second-order valence-electron chi connectivity index (χ2n) is 9.30. The van der Waals surface area contributed by atoms with Crippen LogP contribution in [0.2, 0.25) is 0 Å². The Kier molecular flexibility index (Phi) is 11.1. The summed E-state index contributed by atoms with van der Waals surface area (Å²) in [6.07, 6.45) is 5.20. The number of rotatable bonds is 9. The number of aliphatic carboxylic acids is 1. The number of carboxylic acid groups (broad SMARTS) is 1. The summed E-state index contributed by atoms with van der Waals surface area (Å²) < 4.78 is 28.3. The zero-order chi connectivity index (χ0) is 27.4. The van der Waals surface area contributed by atoms with Gasteiger partial charge in [-0.3, -0.25) is 4.79 Å². The Morgan fingerprint density at radius 3 is 2.13 bits per heavy atom. The summed E-state index contributed by atoms with van der Waals surface area (Å²) in [6.45, 7) is 0.0538. The average molecular weight is 545 g/mol. The Morgan fingerprint density at radius 1 is 0.868 bits per heavy atom. The SMILES string of the molecule is O=C(NCc1ccccc1)NC[C@H](NC(=O)[C@@H]1CCCCCCCCN1S(=O)(=O)c1ccccc1)C(=O)O. The average Bonchev–Trinajstić information content (AvgIpc) is 2.93. The van der Waals surface area contributed by atoms with Gasteiger partial charge in [0.2, 0.25) is 15.9 Å². The molecule has 1 saturated heterocycles. The van der Waals surface area contributed by atoms with Gasteiger partial charge in [-0.1, -0.05) is 80.6 Å². The standard InChI is InChI=1S/C27H36N4O6S/c32-25(30-23(26(33)34)20-29-27(35)28-19-21-13-7-5-8-14-21)24-17-11-3-1-2-4-12-18-31(24)38(36,37)22-15-9-6-10-16-22/h5-10,13-16,23-24H,1-4,11-12,17-20H2,(H,30,32)(H,33,34)(H2,28,29,35)/t23-,24-/m0/s1. The van der Waals surface area contributed by atoms with Crippen LogP contribution in [0.4, 0.5) is 4.79 Å². The topological polar surface area (TPSA) is 145 Å². The van der Waals surface area contributed by atoms with Crippen LogP contribution in [0.3, 0.4) is 0 Å². The lowest BCUT2D eigenvalue weighted by atomic mass is 10.0. The molecular weight excluding hydrogens is 508 g/mol. The van der Waals surface area contributed by atoms with Gasteiger partial charge in [-0.2, -0.15) is 4.31 Å². The number of carbonyl (C=O) groups is 3. The highest BCUT2D eigenvalue weighted by Gasteiger charge is 2.37. The van der Waals surface area contributed by atoms with Crippen LogP contribution in [0.5, 0.6) is 0 Å². The Labute approximate surface area is 223 Å². The van der Waals surface area contributed by atoms with Crippen molar-refractivity contribution in [2.75, 3.05) is 13.1 Å². The lowest BCUT2D eigenvalue weighted by Crippen LogP contribution is -2.56. The predicted octanol–water partition coefficient (Wildman–Crippen LogP) is 2.86. The van der Waals surface area contributed by atoms with E-state index in [1.165, 1.54) is 16.4 Å². The zero-order valence-electron chi connectivity index (χ0n) is 21.3. The summed E-state index contributed by atoms with van der Waals surface area (Å²) in [5, 5.41) is 17.3. The third-order valence-corrected chi connectivity index (χ3v) is 8.41. The Hall–Kier alpha value is -3.44. The van der Waals surface area contributed by atoms with Gasteiger partial charge < -0.3 is 21.1 Å². The molecule has 4 N–H and O–H groups in total. The highest BCUT2D eigenvalue weighted by molar-refractivity contribution is 7.89. The van der Waals surface area contributed by atoms with E-state index >= 15 is 0 Å². The van der Waals surface area contributed by atoms with Crippen molar-refractivity contribution in [3.8, 4) is 0 Å². The number of nitrogens with one attached hydrogen (secondary N) is 3. The molecule has 1 aliphatic rings. The van der Waals surface area contributed by atoms with Gasteiger partial charge in [0, 0.05) is 13.1 Å². The quantitative estimate of drug-likeness (QED) is 0.382. The van der Waals surface area contributed by atoms with Crippen LogP contribution < -0.4 is 16.0 Å². The van der Waals surface area contributed by atoms with E-state index < -0.39 is 40.0 Å². The Morgan fingerprint density at radius 2 is 1.47 bits per heavy atom. The molecule has 0 bridgehead atoms. The maximum atomic E-state index is 13.6. The van der Waals surface area contributed by atoms with Gasteiger partial charge in [0.15, 0.2) is 0 Å². The third-order valence-electron chi connectivity index (χ3n) is 6.48. The molecule has 11 heteroatoms. The first-order valence-corrected chi connectivity index (χ1v) is 14.4. The number of carbonyl (C=O) groups excluding carboxylic acids is 2. The molecule has 1 fully saturated rings. The van der Waals surface area contributed by atoms with Gasteiger partial charge in [-0.25, -0.2) is 18.0 Å². The minimum Gasteiger partial charge on any atom is -0.480 e. The molecule has 0 aromatic heterocycles. The molecule has 1 aliphatic heterocycles. The Balaban J connectivity index is 1.71. The molecule has 2 atom stereocenters. The van der Waals surface area contributed by atoms with Crippen molar-refractivity contribution in [2.24, 2.45) is 0 Å². The maximum Gasteiger partial charge on any atom is 0.328 e. The van der Waals surface area contributed by atoms with Crippen LogP contribution in [0.25, 0.3) is 0 Å². The number of carboxylic acids is 1. The van der Waals surface area contributed by atoms with Crippen molar-refractivity contribution in [3.05, 3.63) is 66.2 Å². The van der Waals surface area contributed by atoms with Crippen molar-refractivity contribution in [1.82, 2.24) is 20.3 Å². The molecule has 0 radical (unpaired) electrons. The Bertz CT molecular complexity index is 1160. The molecular formula is C27H36N4O6S. The van der Waals surface area contributed by atoms with Gasteiger partial charge in [0.25, 0.3) is 0 Å². The lowest BCUT2D eigenvalue weighted by molar-refractivity contribution is -0.142. The second kappa shape index (κ2) is 14.5. The van der Waals surface area contributed by atoms with Crippen molar-refractivity contribution in [1.29, 1.82) is 0 Å². The highest BCUT2D eigenvalue weighted by atomic mass is 32.2. The van der Waals surface area contributed by atoms with E-state index in [0.717, 1.165) is 31.2 Å². The van der Waals surface area contributed by atoms with Crippen LogP contribution >= 0.6 is 0 Å². The minimum atomic E-state index is -3.99. The second-order valence-corrected chi connectivity index (χ2v) is 11.2. The smallest absolute Gasteiger partial charge is 0.328 e. The molecule has 1 heterocycles. The summed E-state index contributed by atoms with van der Waals surface area (Å²) in [5.74, 6) is -2.02. The van der Waals surface area contributed by atoms with Crippen molar-refractivity contribution in [2.45, 2.75) is 68.5 Å². The maximum absolute atomic E-state index is 13.6. The monoisotopic (exact) mass is 544 g/mol. The van der Waals surface area contributed by atoms with Crippen LogP contribution in [-0.4, -0.2) is 60.9 Å². The van der Waals surface area contributed by atoms with Crippen molar-refractivity contribution in [3.63, 3.8) is 0 Å². The van der Waals surface area contributed by atoms with E-state index in [0.29, 0.717) is 12.8 Å². The molecule has 2 aromatic rings. The van der Waals surface area contributed by atoms with Crippen molar-refractivity contribution < 1.29 is 27.9 Å². The summed E-state index contributed by atoms with van der Waals surface area (Å²) in [4.78, 5) is 37.6. The number of nitrogens with zero attached hydrogens (tertiary/aromatic N) is 1. The van der Waals surface area contributed by atoms with Gasteiger partial charge in [0.05, 0.1) is 11.4 Å². The molecule has 0 spiro atoms. The fourth-order valence-corrected chi connectivity index (χ4v) is 6.07. The molecule has 2 aromatic carbocycles. The first-order valence-electron chi connectivity index (χ1n) is 12.9. The van der Waals surface area contributed by atoms with Crippen molar-refractivity contribution >= 4 is 27.9 Å². The van der Waals surface area contributed by atoms with Gasteiger partial charge in [0.1, 0.15) is 12.1 Å². The number of benzene rings is 2. The van der Waals surface area contributed by atoms with Gasteiger partial charge in [-0.05, 0) is 30.5 Å². The molecule has 0 saturated carbocycles. The van der Waals surface area contributed by atoms with E-state index in [2.05, 4.69) is 16.0 Å². The molecule has 206 valence electrons. The minimum absolute atomic E-state index is 0.0846. The molecule has 38 heavy (non-hydrogen) atoms. The van der Waals surface area contributed by atoms with E-state index in [9.17, 15) is 27.9 Å². The molecule has 0 unspecified atom stereocenters. The summed E-state index contributed by atoms with van der Waals surface area (Å²) in [5.41, 5.74) is 0.876. The largest absolute Gasteiger partial charge is 0.480 e. The van der Waals surface area contributed by atoms with E-state index in [4.69, 9.17) is 0 Å². The molecule has 3 rings (SSSR count). The molecule has 3 amide bonds. The summed E-state index contributed by atoms with van der Waals surface area (Å²) >= 11 is 0.